The first kappa shape index (κ1) is 22.6. The summed E-state index contributed by atoms with van der Waals surface area (Å²) in [5, 5.41) is 8.31. The lowest BCUT2D eigenvalue weighted by Crippen LogP contribution is -2.49. The molecule has 9 heteroatoms. The molecule has 1 aromatic heterocycles. The standard InChI is InChI=1S/C24H23F3N4O2/c25-24(26,27)20-9-5-4-8-19(20)23(32)31-15-13-30(14-16-31)21-10-11-22(29-28-21)33-17-12-18-6-2-1-3-7-18/h1-11H,12-17H2. The summed E-state index contributed by atoms with van der Waals surface area (Å²) >= 11 is 0. The van der Waals surface area contributed by atoms with E-state index < -0.39 is 17.6 Å². The Morgan fingerprint density at radius 3 is 2.24 bits per heavy atom. The van der Waals surface area contributed by atoms with E-state index in [0.29, 0.717) is 44.5 Å². The van der Waals surface area contributed by atoms with Crippen LogP contribution in [0.25, 0.3) is 0 Å². The summed E-state index contributed by atoms with van der Waals surface area (Å²) in [6, 6.07) is 18.4. The zero-order valence-corrected chi connectivity index (χ0v) is 17.8. The molecule has 3 aromatic rings. The van der Waals surface area contributed by atoms with Gasteiger partial charge < -0.3 is 14.5 Å². The minimum atomic E-state index is -4.57. The van der Waals surface area contributed by atoms with Crippen molar-refractivity contribution in [3.8, 4) is 5.88 Å². The van der Waals surface area contributed by atoms with E-state index in [9.17, 15) is 18.0 Å². The summed E-state index contributed by atoms with van der Waals surface area (Å²) in [6.45, 7) is 1.97. The molecule has 0 radical (unpaired) electrons. The molecule has 0 bridgehead atoms. The lowest BCUT2D eigenvalue weighted by Gasteiger charge is -2.35. The van der Waals surface area contributed by atoms with Gasteiger partial charge in [0.25, 0.3) is 5.91 Å². The van der Waals surface area contributed by atoms with Gasteiger partial charge in [-0.05, 0) is 23.8 Å². The van der Waals surface area contributed by atoms with Crippen LogP contribution in [0.2, 0.25) is 0 Å². The Labute approximate surface area is 189 Å². The summed E-state index contributed by atoms with van der Waals surface area (Å²) in [5.41, 5.74) is -0.0613. The van der Waals surface area contributed by atoms with Crippen LogP contribution >= 0.6 is 0 Å². The van der Waals surface area contributed by atoms with Gasteiger partial charge in [0.05, 0.1) is 17.7 Å². The van der Waals surface area contributed by atoms with E-state index in [1.54, 1.807) is 12.1 Å². The second-order valence-corrected chi connectivity index (χ2v) is 7.64. The van der Waals surface area contributed by atoms with Gasteiger partial charge in [-0.25, -0.2) is 0 Å². The van der Waals surface area contributed by atoms with Crippen molar-refractivity contribution in [1.82, 2.24) is 15.1 Å². The monoisotopic (exact) mass is 456 g/mol. The van der Waals surface area contributed by atoms with Gasteiger partial charge in [-0.2, -0.15) is 13.2 Å². The molecular weight excluding hydrogens is 433 g/mol. The first-order valence-electron chi connectivity index (χ1n) is 10.6. The fraction of sp³-hybridized carbons (Fsp3) is 0.292. The second kappa shape index (κ2) is 9.89. The number of aromatic nitrogens is 2. The second-order valence-electron chi connectivity index (χ2n) is 7.64. The minimum absolute atomic E-state index is 0.294. The SMILES string of the molecule is O=C(c1ccccc1C(F)(F)F)N1CCN(c2ccc(OCCc3ccccc3)nn2)CC1. The summed E-state index contributed by atoms with van der Waals surface area (Å²) < 4.78 is 45.4. The molecule has 0 aliphatic carbocycles. The molecule has 0 unspecified atom stereocenters. The van der Waals surface area contributed by atoms with Crippen LogP contribution in [-0.2, 0) is 12.6 Å². The zero-order chi connectivity index (χ0) is 23.3. The van der Waals surface area contributed by atoms with Crippen molar-refractivity contribution in [2.75, 3.05) is 37.7 Å². The highest BCUT2D eigenvalue weighted by molar-refractivity contribution is 5.96. The third-order valence-electron chi connectivity index (χ3n) is 5.46. The Hall–Kier alpha value is -3.62. The van der Waals surface area contributed by atoms with Crippen molar-refractivity contribution in [3.05, 3.63) is 83.4 Å². The third kappa shape index (κ3) is 5.60. The maximum atomic E-state index is 13.3. The molecule has 1 fully saturated rings. The average Bonchev–Trinajstić information content (AvgIpc) is 2.84. The van der Waals surface area contributed by atoms with Crippen LogP contribution in [0.3, 0.4) is 0 Å². The van der Waals surface area contributed by atoms with Crippen LogP contribution < -0.4 is 9.64 Å². The molecule has 1 aliphatic heterocycles. The van der Waals surface area contributed by atoms with Crippen molar-refractivity contribution in [2.45, 2.75) is 12.6 Å². The number of piperazine rings is 1. The molecular formula is C24H23F3N4O2. The van der Waals surface area contributed by atoms with Crippen molar-refractivity contribution >= 4 is 11.7 Å². The van der Waals surface area contributed by atoms with Gasteiger partial charge in [-0.3, -0.25) is 4.79 Å². The van der Waals surface area contributed by atoms with E-state index in [4.69, 9.17) is 4.74 Å². The normalized spacial score (nSPS) is 14.3. The van der Waals surface area contributed by atoms with Gasteiger partial charge in [-0.1, -0.05) is 42.5 Å². The number of carbonyl (C=O) groups excluding carboxylic acids is 1. The van der Waals surface area contributed by atoms with Gasteiger partial charge >= 0.3 is 6.18 Å². The Morgan fingerprint density at radius 2 is 1.58 bits per heavy atom. The Bertz CT molecular complexity index is 1070. The maximum absolute atomic E-state index is 13.3. The molecule has 33 heavy (non-hydrogen) atoms. The molecule has 1 saturated heterocycles. The number of carbonyl (C=O) groups is 1. The number of hydrogen-bond acceptors (Lipinski definition) is 5. The maximum Gasteiger partial charge on any atom is 0.417 e. The van der Waals surface area contributed by atoms with E-state index in [2.05, 4.69) is 10.2 Å². The number of alkyl halides is 3. The smallest absolute Gasteiger partial charge is 0.417 e. The summed E-state index contributed by atoms with van der Waals surface area (Å²) in [5.74, 6) is 0.441. The molecule has 0 N–H and O–H groups in total. The number of anilines is 1. The Morgan fingerprint density at radius 1 is 0.879 bits per heavy atom. The number of amides is 1. The fourth-order valence-electron chi connectivity index (χ4n) is 3.70. The van der Waals surface area contributed by atoms with Crippen LogP contribution in [0, 0.1) is 0 Å². The van der Waals surface area contributed by atoms with E-state index >= 15 is 0 Å². The summed E-state index contributed by atoms with van der Waals surface area (Å²) in [7, 11) is 0. The molecule has 1 amide bonds. The molecule has 0 saturated carbocycles. The molecule has 1 aliphatic rings. The lowest BCUT2D eigenvalue weighted by molar-refractivity contribution is -0.138. The highest BCUT2D eigenvalue weighted by Gasteiger charge is 2.36. The molecule has 6 nitrogen and oxygen atoms in total. The van der Waals surface area contributed by atoms with Crippen molar-refractivity contribution in [2.24, 2.45) is 0 Å². The molecule has 0 spiro atoms. The van der Waals surface area contributed by atoms with E-state index in [1.165, 1.54) is 28.7 Å². The Balaban J connectivity index is 1.30. The minimum Gasteiger partial charge on any atom is -0.476 e. The van der Waals surface area contributed by atoms with E-state index in [1.807, 2.05) is 35.2 Å². The summed E-state index contributed by atoms with van der Waals surface area (Å²) in [4.78, 5) is 16.1. The van der Waals surface area contributed by atoms with Crippen LogP contribution in [0.1, 0.15) is 21.5 Å². The molecule has 2 aromatic carbocycles. The van der Waals surface area contributed by atoms with Crippen LogP contribution in [0.5, 0.6) is 5.88 Å². The number of hydrogen-bond donors (Lipinski definition) is 0. The molecule has 4 rings (SSSR count). The van der Waals surface area contributed by atoms with Crippen LogP contribution in [0.15, 0.2) is 66.7 Å². The van der Waals surface area contributed by atoms with Gasteiger partial charge in [0, 0.05) is 38.7 Å². The quantitative estimate of drug-likeness (QED) is 0.560. The predicted molar refractivity (Wildman–Crippen MR) is 117 cm³/mol. The average molecular weight is 456 g/mol. The lowest BCUT2D eigenvalue weighted by atomic mass is 10.1. The highest BCUT2D eigenvalue weighted by atomic mass is 19.4. The van der Waals surface area contributed by atoms with Gasteiger partial charge in [0.15, 0.2) is 5.82 Å². The first-order valence-corrected chi connectivity index (χ1v) is 10.6. The fourth-order valence-corrected chi connectivity index (χ4v) is 3.70. The summed E-state index contributed by atoms with van der Waals surface area (Å²) in [6.07, 6.45) is -3.81. The molecule has 0 atom stereocenters. The Kier molecular flexibility index (Phi) is 6.76. The van der Waals surface area contributed by atoms with Gasteiger partial charge in [0.2, 0.25) is 5.88 Å². The van der Waals surface area contributed by atoms with Gasteiger partial charge in [0.1, 0.15) is 0 Å². The third-order valence-corrected chi connectivity index (χ3v) is 5.46. The van der Waals surface area contributed by atoms with E-state index in [0.717, 1.165) is 12.5 Å². The van der Waals surface area contributed by atoms with Crippen LogP contribution in [-0.4, -0.2) is 53.8 Å². The topological polar surface area (TPSA) is 58.6 Å². The molecule has 172 valence electrons. The van der Waals surface area contributed by atoms with Crippen molar-refractivity contribution in [3.63, 3.8) is 0 Å². The zero-order valence-electron chi connectivity index (χ0n) is 17.8. The van der Waals surface area contributed by atoms with Crippen LogP contribution in [0.4, 0.5) is 19.0 Å². The van der Waals surface area contributed by atoms with Crippen molar-refractivity contribution in [1.29, 1.82) is 0 Å². The number of benzene rings is 2. The highest BCUT2D eigenvalue weighted by Crippen LogP contribution is 2.32. The number of nitrogens with zero attached hydrogens (tertiary/aromatic N) is 4. The van der Waals surface area contributed by atoms with Gasteiger partial charge in [-0.15, -0.1) is 10.2 Å². The molecule has 2 heterocycles. The van der Waals surface area contributed by atoms with Crippen molar-refractivity contribution < 1.29 is 22.7 Å². The number of rotatable bonds is 6. The number of ether oxygens (including phenoxy) is 1. The largest absolute Gasteiger partial charge is 0.476 e. The predicted octanol–water partition coefficient (Wildman–Crippen LogP) is 4.08. The van der Waals surface area contributed by atoms with E-state index in [-0.39, 0.29) is 5.56 Å². The number of halogens is 3. The first-order chi connectivity index (χ1) is 15.9.